The van der Waals surface area contributed by atoms with Crippen molar-refractivity contribution < 1.29 is 4.79 Å². The Hall–Kier alpha value is -2.80. The van der Waals surface area contributed by atoms with E-state index in [2.05, 4.69) is 18.3 Å². The van der Waals surface area contributed by atoms with E-state index in [1.807, 2.05) is 53.4 Å². The third-order valence-corrected chi connectivity index (χ3v) is 4.31. The van der Waals surface area contributed by atoms with Gasteiger partial charge in [0, 0.05) is 18.7 Å². The molecule has 0 spiro atoms. The summed E-state index contributed by atoms with van der Waals surface area (Å²) in [5, 5.41) is 12.8. The van der Waals surface area contributed by atoms with Gasteiger partial charge in [-0.2, -0.15) is 5.26 Å². The number of nitriles is 1. The predicted octanol–water partition coefficient (Wildman–Crippen LogP) is 3.86. The summed E-state index contributed by atoms with van der Waals surface area (Å²) in [5.41, 5.74) is 3.50. The van der Waals surface area contributed by atoms with Gasteiger partial charge in [-0.1, -0.05) is 30.3 Å². The molecule has 2 aromatic rings. The molecule has 0 aliphatic carbocycles. The first kappa shape index (κ1) is 15.1. The zero-order chi connectivity index (χ0) is 16.4. The van der Waals surface area contributed by atoms with Gasteiger partial charge in [0.25, 0.3) is 0 Å². The van der Waals surface area contributed by atoms with E-state index in [-0.39, 0.29) is 18.0 Å². The fourth-order valence-electron chi connectivity index (χ4n) is 3.32. The first-order chi connectivity index (χ1) is 11.1. The molecule has 2 aromatic carbocycles. The van der Waals surface area contributed by atoms with Crippen LogP contribution in [0.5, 0.6) is 0 Å². The summed E-state index contributed by atoms with van der Waals surface area (Å²) in [6, 6.07) is 17.9. The summed E-state index contributed by atoms with van der Waals surface area (Å²) >= 11 is 0. The molecule has 0 bridgehead atoms. The maximum atomic E-state index is 12.0. The number of carbonyl (C=O) groups is 1. The van der Waals surface area contributed by atoms with E-state index >= 15 is 0 Å². The van der Waals surface area contributed by atoms with Gasteiger partial charge in [-0.3, -0.25) is 4.79 Å². The maximum Gasteiger partial charge on any atom is 0.224 e. The van der Waals surface area contributed by atoms with Gasteiger partial charge in [0.2, 0.25) is 5.91 Å². The molecule has 4 heteroatoms. The molecule has 23 heavy (non-hydrogen) atoms. The molecule has 3 rings (SSSR count). The number of para-hydroxylation sites is 2. The van der Waals surface area contributed by atoms with Gasteiger partial charge in [-0.25, -0.2) is 0 Å². The molecular weight excluding hydrogens is 286 g/mol. The molecule has 0 saturated heterocycles. The Morgan fingerprint density at radius 3 is 2.65 bits per heavy atom. The molecular formula is C19H19N3O. The average Bonchev–Trinajstić information content (AvgIpc) is 2.55. The Labute approximate surface area is 136 Å². The molecule has 0 fully saturated rings. The van der Waals surface area contributed by atoms with Gasteiger partial charge >= 0.3 is 0 Å². The summed E-state index contributed by atoms with van der Waals surface area (Å²) in [5.74, 6) is 0.0563. The average molecular weight is 305 g/mol. The zero-order valence-corrected chi connectivity index (χ0v) is 13.3. The highest BCUT2D eigenvalue weighted by molar-refractivity contribution is 5.93. The summed E-state index contributed by atoms with van der Waals surface area (Å²) in [6.45, 7) is 3.66. The standard InChI is InChI=1S/C19H19N3O/c1-13-11-18(21-17-9-5-3-7-15(17)12-20)16-8-4-6-10-19(16)22(13)14(2)23/h3-10,13,18,21H,11H2,1-2H3/t13-,18+/m0/s1. The number of nitrogens with zero attached hydrogens (tertiary/aromatic N) is 2. The van der Waals surface area contributed by atoms with E-state index in [0.717, 1.165) is 23.4 Å². The number of rotatable bonds is 2. The minimum atomic E-state index is 0.0563. The molecule has 2 atom stereocenters. The van der Waals surface area contributed by atoms with Crippen LogP contribution in [0.15, 0.2) is 48.5 Å². The van der Waals surface area contributed by atoms with Crippen LogP contribution in [0.2, 0.25) is 0 Å². The third-order valence-electron chi connectivity index (χ3n) is 4.31. The normalized spacial score (nSPS) is 19.6. The van der Waals surface area contributed by atoms with Crippen LogP contribution in [-0.4, -0.2) is 11.9 Å². The van der Waals surface area contributed by atoms with E-state index < -0.39 is 0 Å². The van der Waals surface area contributed by atoms with Crippen LogP contribution in [0.25, 0.3) is 0 Å². The highest BCUT2D eigenvalue weighted by atomic mass is 16.2. The fourth-order valence-corrected chi connectivity index (χ4v) is 3.32. The first-order valence-corrected chi connectivity index (χ1v) is 7.76. The second kappa shape index (κ2) is 6.13. The summed E-state index contributed by atoms with van der Waals surface area (Å²) in [4.78, 5) is 13.9. The van der Waals surface area contributed by atoms with E-state index in [1.54, 1.807) is 6.92 Å². The number of anilines is 2. The van der Waals surface area contributed by atoms with E-state index in [9.17, 15) is 10.1 Å². The molecule has 1 heterocycles. The molecule has 0 unspecified atom stereocenters. The molecule has 0 saturated carbocycles. The number of hydrogen-bond donors (Lipinski definition) is 1. The zero-order valence-electron chi connectivity index (χ0n) is 13.3. The van der Waals surface area contributed by atoms with Crippen LogP contribution in [-0.2, 0) is 4.79 Å². The molecule has 0 aromatic heterocycles. The van der Waals surface area contributed by atoms with Gasteiger partial charge < -0.3 is 10.2 Å². The lowest BCUT2D eigenvalue weighted by Gasteiger charge is -2.39. The van der Waals surface area contributed by atoms with Crippen LogP contribution in [0, 0.1) is 11.3 Å². The fraction of sp³-hybridized carbons (Fsp3) is 0.263. The SMILES string of the molecule is CC(=O)N1c2ccccc2[C@H](Nc2ccccc2C#N)C[C@@H]1C. The number of hydrogen-bond acceptors (Lipinski definition) is 3. The molecule has 1 amide bonds. The van der Waals surface area contributed by atoms with Crippen molar-refractivity contribution in [2.24, 2.45) is 0 Å². The van der Waals surface area contributed by atoms with E-state index in [0.29, 0.717) is 5.56 Å². The Balaban J connectivity index is 1.99. The number of carbonyl (C=O) groups excluding carboxylic acids is 1. The Bertz CT molecular complexity index is 778. The third kappa shape index (κ3) is 2.78. The lowest BCUT2D eigenvalue weighted by atomic mass is 9.91. The summed E-state index contributed by atoms with van der Waals surface area (Å²) < 4.78 is 0. The number of nitrogens with one attached hydrogen (secondary N) is 1. The highest BCUT2D eigenvalue weighted by Crippen LogP contribution is 2.39. The van der Waals surface area contributed by atoms with Crippen molar-refractivity contribution in [2.75, 3.05) is 10.2 Å². The van der Waals surface area contributed by atoms with Crippen LogP contribution >= 0.6 is 0 Å². The van der Waals surface area contributed by atoms with Gasteiger partial charge in [0.1, 0.15) is 6.07 Å². The largest absolute Gasteiger partial charge is 0.377 e. The number of benzene rings is 2. The summed E-state index contributed by atoms with van der Waals surface area (Å²) in [7, 11) is 0. The van der Waals surface area contributed by atoms with Crippen molar-refractivity contribution in [1.82, 2.24) is 0 Å². The molecule has 1 aliphatic rings. The lowest BCUT2D eigenvalue weighted by Crippen LogP contribution is -2.43. The Kier molecular flexibility index (Phi) is 4.03. The van der Waals surface area contributed by atoms with Gasteiger partial charge in [0.05, 0.1) is 17.3 Å². The Morgan fingerprint density at radius 1 is 1.22 bits per heavy atom. The highest BCUT2D eigenvalue weighted by Gasteiger charge is 2.32. The van der Waals surface area contributed by atoms with Crippen LogP contribution < -0.4 is 10.2 Å². The van der Waals surface area contributed by atoms with Crippen molar-refractivity contribution in [2.45, 2.75) is 32.4 Å². The summed E-state index contributed by atoms with van der Waals surface area (Å²) in [6.07, 6.45) is 0.802. The van der Waals surface area contributed by atoms with Crippen molar-refractivity contribution in [3.05, 3.63) is 59.7 Å². The Morgan fingerprint density at radius 2 is 1.91 bits per heavy atom. The number of fused-ring (bicyclic) bond motifs is 1. The molecule has 1 aliphatic heterocycles. The second-order valence-corrected chi connectivity index (χ2v) is 5.89. The second-order valence-electron chi connectivity index (χ2n) is 5.89. The smallest absolute Gasteiger partial charge is 0.224 e. The number of amides is 1. The predicted molar refractivity (Wildman–Crippen MR) is 91.2 cm³/mol. The minimum Gasteiger partial charge on any atom is -0.377 e. The van der Waals surface area contributed by atoms with E-state index in [4.69, 9.17) is 0 Å². The molecule has 116 valence electrons. The quantitative estimate of drug-likeness (QED) is 0.916. The van der Waals surface area contributed by atoms with Crippen molar-refractivity contribution in [1.29, 1.82) is 5.26 Å². The maximum absolute atomic E-state index is 12.0. The topological polar surface area (TPSA) is 56.1 Å². The molecule has 4 nitrogen and oxygen atoms in total. The monoisotopic (exact) mass is 305 g/mol. The van der Waals surface area contributed by atoms with Crippen LogP contribution in [0.3, 0.4) is 0 Å². The van der Waals surface area contributed by atoms with Crippen molar-refractivity contribution in [3.63, 3.8) is 0 Å². The van der Waals surface area contributed by atoms with Gasteiger partial charge in [0.15, 0.2) is 0 Å². The minimum absolute atomic E-state index is 0.0563. The first-order valence-electron chi connectivity index (χ1n) is 7.76. The van der Waals surface area contributed by atoms with E-state index in [1.165, 1.54) is 0 Å². The van der Waals surface area contributed by atoms with Crippen molar-refractivity contribution in [3.8, 4) is 6.07 Å². The van der Waals surface area contributed by atoms with Gasteiger partial charge in [-0.05, 0) is 37.1 Å². The molecule has 1 N–H and O–H groups in total. The molecule has 0 radical (unpaired) electrons. The van der Waals surface area contributed by atoms with Crippen molar-refractivity contribution >= 4 is 17.3 Å². The lowest BCUT2D eigenvalue weighted by molar-refractivity contribution is -0.117. The van der Waals surface area contributed by atoms with Crippen LogP contribution in [0.1, 0.15) is 37.4 Å². The van der Waals surface area contributed by atoms with Gasteiger partial charge in [-0.15, -0.1) is 0 Å². The van der Waals surface area contributed by atoms with Crippen LogP contribution in [0.4, 0.5) is 11.4 Å².